The Labute approximate surface area is 205 Å². The summed E-state index contributed by atoms with van der Waals surface area (Å²) in [5.74, 6) is -0.937. The van der Waals surface area contributed by atoms with Gasteiger partial charge in [0, 0.05) is 29.2 Å². The normalized spacial score (nSPS) is 12.8. The number of nitrogens with one attached hydrogen (secondary N) is 2. The lowest BCUT2D eigenvalue weighted by Crippen LogP contribution is -2.29. The van der Waals surface area contributed by atoms with E-state index in [4.69, 9.17) is 4.74 Å². The number of benzene rings is 3. The summed E-state index contributed by atoms with van der Waals surface area (Å²) in [5, 5.41) is 2.56. The van der Waals surface area contributed by atoms with Gasteiger partial charge in [0.2, 0.25) is 15.9 Å². The van der Waals surface area contributed by atoms with Crippen molar-refractivity contribution in [2.75, 3.05) is 27.2 Å². The van der Waals surface area contributed by atoms with Crippen molar-refractivity contribution in [3.05, 3.63) is 83.9 Å². The quantitative estimate of drug-likeness (QED) is 0.493. The molecule has 2 amide bonds. The van der Waals surface area contributed by atoms with Crippen LogP contribution >= 0.6 is 0 Å². The van der Waals surface area contributed by atoms with Crippen LogP contribution in [0.1, 0.15) is 29.8 Å². The molecule has 2 N–H and O–H groups in total. The number of para-hydroxylation sites is 1. The van der Waals surface area contributed by atoms with Gasteiger partial charge in [0.1, 0.15) is 11.5 Å². The second-order valence-electron chi connectivity index (χ2n) is 8.51. The van der Waals surface area contributed by atoms with E-state index >= 15 is 0 Å². The highest BCUT2D eigenvalue weighted by Crippen LogP contribution is 2.29. The van der Waals surface area contributed by atoms with Crippen LogP contribution in [0.5, 0.6) is 5.75 Å². The van der Waals surface area contributed by atoms with E-state index in [0.717, 1.165) is 17.7 Å². The van der Waals surface area contributed by atoms with Crippen LogP contribution in [0.4, 0.5) is 17.1 Å². The van der Waals surface area contributed by atoms with Crippen molar-refractivity contribution in [2.45, 2.75) is 26.4 Å². The Morgan fingerprint density at radius 2 is 1.60 bits per heavy atom. The first kappa shape index (κ1) is 24.3. The van der Waals surface area contributed by atoms with Crippen LogP contribution < -0.4 is 19.7 Å². The Morgan fingerprint density at radius 1 is 0.943 bits per heavy atom. The van der Waals surface area contributed by atoms with E-state index in [-0.39, 0.29) is 12.0 Å². The van der Waals surface area contributed by atoms with Gasteiger partial charge in [-0.3, -0.25) is 14.3 Å². The minimum Gasteiger partial charge on any atom is -0.491 e. The van der Waals surface area contributed by atoms with E-state index in [1.165, 1.54) is 0 Å². The minimum atomic E-state index is -3.91. The number of hydrogen-bond donors (Lipinski definition) is 2. The van der Waals surface area contributed by atoms with Gasteiger partial charge in [-0.15, -0.1) is 0 Å². The molecule has 0 atom stereocenters. The van der Waals surface area contributed by atoms with Crippen molar-refractivity contribution in [2.24, 2.45) is 0 Å². The summed E-state index contributed by atoms with van der Waals surface area (Å²) in [6, 6.07) is 20.7. The van der Waals surface area contributed by atoms with Gasteiger partial charge in [0.15, 0.2) is 0 Å². The van der Waals surface area contributed by atoms with Gasteiger partial charge in [-0.25, -0.2) is 8.42 Å². The molecule has 0 bridgehead atoms. The maximum absolute atomic E-state index is 12.9. The molecule has 0 fully saturated rings. The number of carbonyl (C=O) groups is 2. The van der Waals surface area contributed by atoms with Gasteiger partial charge in [0.05, 0.1) is 6.10 Å². The lowest BCUT2D eigenvalue weighted by Gasteiger charge is -2.17. The maximum atomic E-state index is 12.9. The van der Waals surface area contributed by atoms with Gasteiger partial charge >= 0.3 is 0 Å². The number of hydrogen-bond acceptors (Lipinski definition) is 5. The molecule has 0 radical (unpaired) electrons. The molecule has 0 saturated heterocycles. The number of rotatable bonds is 8. The summed E-state index contributed by atoms with van der Waals surface area (Å²) in [4.78, 5) is 27.0. The van der Waals surface area contributed by atoms with Crippen molar-refractivity contribution in [3.63, 3.8) is 0 Å². The van der Waals surface area contributed by atoms with E-state index in [1.807, 2.05) is 38.1 Å². The lowest BCUT2D eigenvalue weighted by atomic mass is 10.1. The summed E-state index contributed by atoms with van der Waals surface area (Å²) in [5.41, 5.74) is 3.27. The number of anilines is 3. The zero-order valence-electron chi connectivity index (χ0n) is 19.5. The van der Waals surface area contributed by atoms with Crippen LogP contribution in [0.25, 0.3) is 0 Å². The van der Waals surface area contributed by atoms with E-state index in [0.29, 0.717) is 29.2 Å². The maximum Gasteiger partial charge on any atom is 0.258 e. The first-order chi connectivity index (χ1) is 16.7. The fourth-order valence-electron chi connectivity index (χ4n) is 3.86. The number of ether oxygens (including phenoxy) is 1. The highest BCUT2D eigenvalue weighted by atomic mass is 32.2. The fraction of sp³-hybridized carbons (Fsp3) is 0.231. The molecule has 3 aromatic rings. The molecule has 182 valence electrons. The molecule has 35 heavy (non-hydrogen) atoms. The highest BCUT2D eigenvalue weighted by molar-refractivity contribution is 7.93. The number of carbonyl (C=O) groups excluding carboxylic acids is 2. The van der Waals surface area contributed by atoms with Crippen LogP contribution in [0.15, 0.2) is 72.8 Å². The Hall–Kier alpha value is -3.85. The SMILES string of the molecule is CC(C)Oc1ccc(NS(=O)(=O)CC(=O)Nc2ccc(C(=O)N3CCc4ccccc43)cc2)cc1. The van der Waals surface area contributed by atoms with Crippen LogP contribution in [0.3, 0.4) is 0 Å². The summed E-state index contributed by atoms with van der Waals surface area (Å²) in [7, 11) is -3.91. The van der Waals surface area contributed by atoms with Crippen LogP contribution in [-0.2, 0) is 21.2 Å². The van der Waals surface area contributed by atoms with Gasteiger partial charge in [-0.2, -0.15) is 0 Å². The predicted molar refractivity (Wildman–Crippen MR) is 137 cm³/mol. The monoisotopic (exact) mass is 493 g/mol. The molecule has 1 aliphatic rings. The standard InChI is InChI=1S/C26H27N3O5S/c1-18(2)34-23-13-11-22(12-14-23)28-35(32,33)17-25(30)27-21-9-7-20(8-10-21)26(31)29-16-15-19-5-3-4-6-24(19)29/h3-14,18,28H,15-17H2,1-2H3,(H,27,30). The van der Waals surface area contributed by atoms with E-state index < -0.39 is 21.7 Å². The molecule has 9 heteroatoms. The third kappa shape index (κ3) is 6.19. The average molecular weight is 494 g/mol. The Kier molecular flexibility index (Phi) is 7.07. The zero-order chi connectivity index (χ0) is 25.0. The molecular formula is C26H27N3O5S. The molecule has 3 aromatic carbocycles. The van der Waals surface area contributed by atoms with Crippen molar-refractivity contribution < 1.29 is 22.7 Å². The van der Waals surface area contributed by atoms with Gasteiger partial charge in [-0.1, -0.05) is 18.2 Å². The molecule has 4 rings (SSSR count). The second kappa shape index (κ2) is 10.2. The van der Waals surface area contributed by atoms with Gasteiger partial charge < -0.3 is 15.0 Å². The molecule has 0 aromatic heterocycles. The smallest absolute Gasteiger partial charge is 0.258 e. The number of nitrogens with zero attached hydrogens (tertiary/aromatic N) is 1. The molecule has 0 saturated carbocycles. The third-order valence-electron chi connectivity index (χ3n) is 5.37. The summed E-state index contributed by atoms with van der Waals surface area (Å²) in [6.45, 7) is 4.41. The first-order valence-corrected chi connectivity index (χ1v) is 12.9. The Bertz CT molecular complexity index is 1320. The van der Waals surface area contributed by atoms with Gasteiger partial charge in [-0.05, 0) is 80.4 Å². The number of fused-ring (bicyclic) bond motifs is 1. The largest absolute Gasteiger partial charge is 0.491 e. The van der Waals surface area contributed by atoms with E-state index in [9.17, 15) is 18.0 Å². The highest BCUT2D eigenvalue weighted by Gasteiger charge is 2.25. The van der Waals surface area contributed by atoms with Crippen LogP contribution in [-0.4, -0.2) is 38.6 Å². The predicted octanol–water partition coefficient (Wildman–Crippen LogP) is 4.06. The van der Waals surface area contributed by atoms with Crippen molar-refractivity contribution in [3.8, 4) is 5.75 Å². The molecule has 1 heterocycles. The second-order valence-corrected chi connectivity index (χ2v) is 10.2. The van der Waals surface area contributed by atoms with Crippen molar-refractivity contribution >= 4 is 38.9 Å². The Balaban J connectivity index is 1.33. The molecule has 8 nitrogen and oxygen atoms in total. The number of amides is 2. The summed E-state index contributed by atoms with van der Waals surface area (Å²) >= 11 is 0. The summed E-state index contributed by atoms with van der Waals surface area (Å²) < 4.78 is 32.7. The topological polar surface area (TPSA) is 105 Å². The van der Waals surface area contributed by atoms with Crippen LogP contribution in [0.2, 0.25) is 0 Å². The number of sulfonamides is 1. The molecule has 0 spiro atoms. The first-order valence-electron chi connectivity index (χ1n) is 11.3. The zero-order valence-corrected chi connectivity index (χ0v) is 20.3. The van der Waals surface area contributed by atoms with Crippen LogP contribution in [0, 0.1) is 0 Å². The molecule has 0 unspecified atom stereocenters. The lowest BCUT2D eigenvalue weighted by molar-refractivity contribution is -0.113. The molecule has 0 aliphatic carbocycles. The third-order valence-corrected chi connectivity index (χ3v) is 6.56. The van der Waals surface area contributed by atoms with Crippen molar-refractivity contribution in [1.29, 1.82) is 0 Å². The van der Waals surface area contributed by atoms with E-state index in [1.54, 1.807) is 53.4 Å². The Morgan fingerprint density at radius 3 is 2.29 bits per heavy atom. The van der Waals surface area contributed by atoms with E-state index in [2.05, 4.69) is 10.0 Å². The average Bonchev–Trinajstić information content (AvgIpc) is 3.23. The minimum absolute atomic E-state index is 0.00496. The summed E-state index contributed by atoms with van der Waals surface area (Å²) in [6.07, 6.45) is 0.819. The van der Waals surface area contributed by atoms with Gasteiger partial charge in [0.25, 0.3) is 5.91 Å². The van der Waals surface area contributed by atoms with Crippen molar-refractivity contribution in [1.82, 2.24) is 0 Å². The molecular weight excluding hydrogens is 466 g/mol. The fourth-order valence-corrected chi connectivity index (χ4v) is 4.84. The molecule has 1 aliphatic heterocycles.